The zero-order valence-electron chi connectivity index (χ0n) is 15.7. The Hall–Kier alpha value is -3.93. The zero-order chi connectivity index (χ0) is 20.1. The molecular formula is C23H20N4O2. The molecule has 0 aliphatic heterocycles. The van der Waals surface area contributed by atoms with E-state index in [4.69, 9.17) is 0 Å². The molecule has 2 amide bonds. The maximum Gasteiger partial charge on any atom is 0.251 e. The Morgan fingerprint density at radius 1 is 0.828 bits per heavy atom. The minimum absolute atomic E-state index is 0.103. The van der Waals surface area contributed by atoms with Gasteiger partial charge in [-0.05, 0) is 36.4 Å². The van der Waals surface area contributed by atoms with E-state index in [-0.39, 0.29) is 24.9 Å². The van der Waals surface area contributed by atoms with Gasteiger partial charge in [0.1, 0.15) is 12.4 Å². The molecule has 0 fully saturated rings. The monoisotopic (exact) mass is 384 g/mol. The number of aromatic nitrogens is 2. The Morgan fingerprint density at radius 2 is 1.48 bits per heavy atom. The van der Waals surface area contributed by atoms with Crippen molar-refractivity contribution in [2.75, 3.05) is 5.32 Å². The Labute approximate surface area is 168 Å². The fourth-order valence-corrected chi connectivity index (χ4v) is 3.15. The molecule has 0 bridgehead atoms. The largest absolute Gasteiger partial charge is 0.345 e. The first-order chi connectivity index (χ1) is 14.2. The highest BCUT2D eigenvalue weighted by Crippen LogP contribution is 2.17. The standard InChI is InChI=1S/C23H20N4O2/c28-22(25-18-11-5-2-6-12-18)16-27-20-14-8-7-13-19(20)26-21(27)15-24-23(29)17-9-3-1-4-10-17/h1-14H,15-16H2,(H,24,29)(H,25,28). The van der Waals surface area contributed by atoms with Crippen molar-refractivity contribution in [3.63, 3.8) is 0 Å². The van der Waals surface area contributed by atoms with Crippen LogP contribution in [0.4, 0.5) is 5.69 Å². The van der Waals surface area contributed by atoms with E-state index >= 15 is 0 Å². The molecule has 0 spiro atoms. The molecule has 1 heterocycles. The van der Waals surface area contributed by atoms with Crippen molar-refractivity contribution in [3.05, 3.63) is 96.3 Å². The molecule has 0 radical (unpaired) electrons. The van der Waals surface area contributed by atoms with Crippen molar-refractivity contribution < 1.29 is 9.59 Å². The smallest absolute Gasteiger partial charge is 0.251 e. The number of nitrogens with one attached hydrogen (secondary N) is 2. The van der Waals surface area contributed by atoms with Crippen LogP contribution in [0.25, 0.3) is 11.0 Å². The lowest BCUT2D eigenvalue weighted by Crippen LogP contribution is -2.26. The van der Waals surface area contributed by atoms with E-state index < -0.39 is 0 Å². The van der Waals surface area contributed by atoms with E-state index in [1.165, 1.54) is 0 Å². The number of benzene rings is 3. The summed E-state index contributed by atoms with van der Waals surface area (Å²) in [6, 6.07) is 25.9. The molecule has 6 nitrogen and oxygen atoms in total. The molecule has 4 aromatic rings. The Morgan fingerprint density at radius 3 is 2.24 bits per heavy atom. The summed E-state index contributed by atoms with van der Waals surface area (Å²) in [6.45, 7) is 0.326. The van der Waals surface area contributed by atoms with Gasteiger partial charge in [0, 0.05) is 11.3 Å². The van der Waals surface area contributed by atoms with Crippen LogP contribution in [-0.2, 0) is 17.9 Å². The summed E-state index contributed by atoms with van der Waals surface area (Å²) >= 11 is 0. The van der Waals surface area contributed by atoms with E-state index in [1.54, 1.807) is 12.1 Å². The molecule has 6 heteroatoms. The Balaban J connectivity index is 1.54. The molecule has 0 aliphatic rings. The summed E-state index contributed by atoms with van der Waals surface area (Å²) in [4.78, 5) is 29.6. The number of carbonyl (C=O) groups is 2. The third kappa shape index (κ3) is 4.32. The molecule has 0 atom stereocenters. The second kappa shape index (κ2) is 8.39. The number of amides is 2. The van der Waals surface area contributed by atoms with Crippen LogP contribution < -0.4 is 10.6 Å². The van der Waals surface area contributed by atoms with Crippen LogP contribution in [0, 0.1) is 0 Å². The number of imidazole rings is 1. The lowest BCUT2D eigenvalue weighted by atomic mass is 10.2. The molecule has 29 heavy (non-hydrogen) atoms. The third-order valence-electron chi connectivity index (χ3n) is 4.54. The van der Waals surface area contributed by atoms with Gasteiger partial charge in [-0.15, -0.1) is 0 Å². The summed E-state index contributed by atoms with van der Waals surface area (Å²) in [5.41, 5.74) is 2.95. The van der Waals surface area contributed by atoms with Crippen LogP contribution in [0.5, 0.6) is 0 Å². The molecular weight excluding hydrogens is 364 g/mol. The average molecular weight is 384 g/mol. The van der Waals surface area contributed by atoms with E-state index in [1.807, 2.05) is 77.4 Å². The van der Waals surface area contributed by atoms with Crippen molar-refractivity contribution >= 4 is 28.5 Å². The molecule has 0 saturated carbocycles. The highest BCUT2D eigenvalue weighted by Gasteiger charge is 2.15. The van der Waals surface area contributed by atoms with Gasteiger partial charge in [0.2, 0.25) is 5.91 Å². The molecule has 1 aromatic heterocycles. The quantitative estimate of drug-likeness (QED) is 0.533. The summed E-state index contributed by atoms with van der Waals surface area (Å²) in [5, 5.41) is 5.77. The first-order valence-corrected chi connectivity index (χ1v) is 9.33. The number of anilines is 1. The van der Waals surface area contributed by atoms with Crippen molar-refractivity contribution in [3.8, 4) is 0 Å². The van der Waals surface area contributed by atoms with Gasteiger partial charge in [-0.3, -0.25) is 9.59 Å². The van der Waals surface area contributed by atoms with Crippen LogP contribution in [-0.4, -0.2) is 21.4 Å². The maximum atomic E-state index is 12.6. The number of rotatable bonds is 6. The van der Waals surface area contributed by atoms with Gasteiger partial charge >= 0.3 is 0 Å². The summed E-state index contributed by atoms with van der Waals surface area (Å²) in [5.74, 6) is 0.284. The highest BCUT2D eigenvalue weighted by atomic mass is 16.2. The van der Waals surface area contributed by atoms with Gasteiger partial charge in [-0.1, -0.05) is 48.5 Å². The van der Waals surface area contributed by atoms with Crippen molar-refractivity contribution in [2.24, 2.45) is 0 Å². The second-order valence-electron chi connectivity index (χ2n) is 6.57. The Kier molecular flexibility index (Phi) is 5.33. The number of fused-ring (bicyclic) bond motifs is 1. The fraction of sp³-hybridized carbons (Fsp3) is 0.0870. The van der Waals surface area contributed by atoms with E-state index in [0.29, 0.717) is 11.4 Å². The second-order valence-corrected chi connectivity index (χ2v) is 6.57. The molecule has 2 N–H and O–H groups in total. The molecule has 0 aliphatic carbocycles. The summed E-state index contributed by atoms with van der Waals surface area (Å²) < 4.78 is 1.83. The summed E-state index contributed by atoms with van der Waals surface area (Å²) in [7, 11) is 0. The van der Waals surface area contributed by atoms with E-state index in [0.717, 1.165) is 16.7 Å². The van der Waals surface area contributed by atoms with Gasteiger partial charge in [0.15, 0.2) is 0 Å². The van der Waals surface area contributed by atoms with Crippen LogP contribution in [0.1, 0.15) is 16.2 Å². The van der Waals surface area contributed by atoms with Gasteiger partial charge in [0.05, 0.1) is 17.6 Å². The first kappa shape index (κ1) is 18.4. The van der Waals surface area contributed by atoms with Gasteiger partial charge in [0.25, 0.3) is 5.91 Å². The topological polar surface area (TPSA) is 76.0 Å². The lowest BCUT2D eigenvalue weighted by molar-refractivity contribution is -0.116. The SMILES string of the molecule is O=C(Cn1c(CNC(=O)c2ccccc2)nc2ccccc21)Nc1ccccc1. The normalized spacial score (nSPS) is 10.6. The fourth-order valence-electron chi connectivity index (χ4n) is 3.15. The number of hydrogen-bond donors (Lipinski definition) is 2. The van der Waals surface area contributed by atoms with Crippen LogP contribution >= 0.6 is 0 Å². The third-order valence-corrected chi connectivity index (χ3v) is 4.54. The molecule has 0 saturated heterocycles. The Bertz CT molecular complexity index is 1140. The van der Waals surface area contributed by atoms with E-state index in [2.05, 4.69) is 15.6 Å². The number of nitrogens with zero attached hydrogens (tertiary/aromatic N) is 2. The number of carbonyl (C=O) groups excluding carboxylic acids is 2. The predicted octanol–water partition coefficient (Wildman–Crippen LogP) is 3.61. The minimum Gasteiger partial charge on any atom is -0.345 e. The number of para-hydroxylation sites is 3. The van der Waals surface area contributed by atoms with Crippen molar-refractivity contribution in [1.29, 1.82) is 0 Å². The number of hydrogen-bond acceptors (Lipinski definition) is 3. The van der Waals surface area contributed by atoms with Crippen molar-refractivity contribution in [1.82, 2.24) is 14.9 Å². The molecule has 3 aromatic carbocycles. The predicted molar refractivity (Wildman–Crippen MR) is 112 cm³/mol. The van der Waals surface area contributed by atoms with Crippen LogP contribution in [0.2, 0.25) is 0 Å². The summed E-state index contributed by atoms with van der Waals surface area (Å²) in [6.07, 6.45) is 0. The van der Waals surface area contributed by atoms with Crippen molar-refractivity contribution in [2.45, 2.75) is 13.1 Å². The average Bonchev–Trinajstić information content (AvgIpc) is 3.10. The molecule has 144 valence electrons. The molecule has 0 unspecified atom stereocenters. The van der Waals surface area contributed by atoms with Gasteiger partial charge < -0.3 is 15.2 Å². The van der Waals surface area contributed by atoms with Crippen LogP contribution in [0.15, 0.2) is 84.9 Å². The minimum atomic E-state index is -0.182. The lowest BCUT2D eigenvalue weighted by Gasteiger charge is -2.11. The highest BCUT2D eigenvalue weighted by molar-refractivity contribution is 5.94. The first-order valence-electron chi connectivity index (χ1n) is 9.33. The zero-order valence-corrected chi connectivity index (χ0v) is 15.7. The van der Waals surface area contributed by atoms with Gasteiger partial charge in [-0.25, -0.2) is 4.98 Å². The van der Waals surface area contributed by atoms with Gasteiger partial charge in [-0.2, -0.15) is 0 Å². The molecule has 4 rings (SSSR count). The van der Waals surface area contributed by atoms with E-state index in [9.17, 15) is 9.59 Å². The van der Waals surface area contributed by atoms with Crippen LogP contribution in [0.3, 0.4) is 0 Å². The maximum absolute atomic E-state index is 12.6.